The number of fused-ring (bicyclic) bond motifs is 1. The van der Waals surface area contributed by atoms with Crippen molar-refractivity contribution in [2.45, 2.75) is 31.7 Å². The highest BCUT2D eigenvalue weighted by atomic mass is 32.2. The van der Waals surface area contributed by atoms with Gasteiger partial charge in [-0.3, -0.25) is 14.5 Å². The van der Waals surface area contributed by atoms with E-state index < -0.39 is 12.0 Å². The Bertz CT molecular complexity index is 812. The van der Waals surface area contributed by atoms with Crippen LogP contribution in [0.25, 0.3) is 0 Å². The molecule has 26 heavy (non-hydrogen) atoms. The van der Waals surface area contributed by atoms with Gasteiger partial charge in [0.15, 0.2) is 0 Å². The van der Waals surface area contributed by atoms with Crippen LogP contribution in [0.2, 0.25) is 0 Å². The maximum absolute atomic E-state index is 12.5. The third-order valence-corrected chi connectivity index (χ3v) is 5.49. The highest BCUT2D eigenvalue weighted by molar-refractivity contribution is 8.00. The zero-order valence-electron chi connectivity index (χ0n) is 14.6. The molecule has 2 atom stereocenters. The van der Waals surface area contributed by atoms with Gasteiger partial charge in [0.1, 0.15) is 17.1 Å². The Labute approximate surface area is 155 Å². The second-order valence-corrected chi connectivity index (χ2v) is 7.62. The second kappa shape index (κ2) is 7.37. The van der Waals surface area contributed by atoms with Gasteiger partial charge in [-0.15, -0.1) is 11.8 Å². The minimum Gasteiger partial charge on any atom is -0.477 e. The predicted molar refractivity (Wildman–Crippen MR) is 99.3 cm³/mol. The minimum atomic E-state index is -1.12. The number of β-lactam (4-membered cyclic amide) rings is 1. The standard InChI is InChI=1S/C19H20N2O4S/c1-11(2)8-13-10-26-18-15(17(23)21(18)16(13)19(24)25)20-14(22)9-12-6-4-3-5-7-12/h3-8,15,18H,9-10H2,1-2H3,(H,20,22)(H,24,25)/t15?,18-/m1/s1. The number of aliphatic carboxylic acids is 1. The van der Waals surface area contributed by atoms with Crippen LogP contribution in [0, 0.1) is 0 Å². The molecule has 0 aliphatic carbocycles. The normalized spacial score (nSPS) is 21.6. The molecule has 2 amide bonds. The van der Waals surface area contributed by atoms with Gasteiger partial charge in [-0.2, -0.15) is 0 Å². The van der Waals surface area contributed by atoms with Gasteiger partial charge in [-0.05, 0) is 25.0 Å². The van der Waals surface area contributed by atoms with Crippen LogP contribution in [0.1, 0.15) is 19.4 Å². The maximum Gasteiger partial charge on any atom is 0.352 e. The first-order valence-corrected chi connectivity index (χ1v) is 9.32. The number of nitrogens with zero attached hydrogens (tertiary/aromatic N) is 1. The summed E-state index contributed by atoms with van der Waals surface area (Å²) < 4.78 is 0. The number of carbonyl (C=O) groups excluding carboxylic acids is 2. The first-order valence-electron chi connectivity index (χ1n) is 8.28. The molecule has 2 aliphatic heterocycles. The molecule has 1 aromatic rings. The topological polar surface area (TPSA) is 86.7 Å². The van der Waals surface area contributed by atoms with Crippen LogP contribution in [0.3, 0.4) is 0 Å². The molecule has 2 aliphatic rings. The molecule has 6 nitrogen and oxygen atoms in total. The van der Waals surface area contributed by atoms with E-state index in [0.717, 1.165) is 11.1 Å². The quantitative estimate of drug-likeness (QED) is 0.772. The van der Waals surface area contributed by atoms with Gasteiger partial charge in [-0.25, -0.2) is 4.79 Å². The van der Waals surface area contributed by atoms with Gasteiger partial charge in [-0.1, -0.05) is 42.0 Å². The van der Waals surface area contributed by atoms with Crippen LogP contribution in [-0.2, 0) is 20.8 Å². The van der Waals surface area contributed by atoms with Crippen LogP contribution in [0.15, 0.2) is 53.3 Å². The number of carbonyl (C=O) groups is 3. The maximum atomic E-state index is 12.5. The molecule has 0 aromatic heterocycles. The summed E-state index contributed by atoms with van der Waals surface area (Å²) in [5.41, 5.74) is 2.48. The smallest absolute Gasteiger partial charge is 0.352 e. The van der Waals surface area contributed by atoms with E-state index in [-0.39, 0.29) is 29.3 Å². The summed E-state index contributed by atoms with van der Waals surface area (Å²) in [7, 11) is 0. The van der Waals surface area contributed by atoms with Crippen molar-refractivity contribution in [2.75, 3.05) is 5.75 Å². The van der Waals surface area contributed by atoms with Crippen LogP contribution >= 0.6 is 11.8 Å². The summed E-state index contributed by atoms with van der Waals surface area (Å²) in [6.45, 7) is 3.77. The monoisotopic (exact) mass is 372 g/mol. The van der Waals surface area contributed by atoms with Crippen molar-refractivity contribution in [1.82, 2.24) is 10.2 Å². The average Bonchev–Trinajstić information content (AvgIpc) is 2.59. The minimum absolute atomic E-state index is 0.0218. The fourth-order valence-corrected chi connectivity index (χ4v) is 4.41. The van der Waals surface area contributed by atoms with Gasteiger partial charge < -0.3 is 10.4 Å². The lowest BCUT2D eigenvalue weighted by molar-refractivity contribution is -0.150. The first-order chi connectivity index (χ1) is 12.4. The Balaban J connectivity index is 1.73. The fraction of sp³-hybridized carbons (Fsp3) is 0.316. The first kappa shape index (κ1) is 18.3. The summed E-state index contributed by atoms with van der Waals surface area (Å²) in [6.07, 6.45) is 1.98. The van der Waals surface area contributed by atoms with Crippen LogP contribution < -0.4 is 5.32 Å². The zero-order valence-corrected chi connectivity index (χ0v) is 15.4. The van der Waals surface area contributed by atoms with Gasteiger partial charge in [0, 0.05) is 5.75 Å². The van der Waals surface area contributed by atoms with Crippen molar-refractivity contribution in [3.8, 4) is 0 Å². The number of benzene rings is 1. The number of amides is 2. The highest BCUT2D eigenvalue weighted by Gasteiger charge is 2.53. The van der Waals surface area contributed by atoms with E-state index >= 15 is 0 Å². The lowest BCUT2D eigenvalue weighted by Gasteiger charge is -2.49. The third-order valence-electron chi connectivity index (χ3n) is 4.19. The van der Waals surface area contributed by atoms with Crippen molar-refractivity contribution in [3.63, 3.8) is 0 Å². The lowest BCUT2D eigenvalue weighted by atomic mass is 10.0. The zero-order chi connectivity index (χ0) is 18.8. The van der Waals surface area contributed by atoms with E-state index in [1.54, 1.807) is 6.08 Å². The number of allylic oxidation sites excluding steroid dienone is 2. The molecule has 0 saturated carbocycles. The Hall–Kier alpha value is -2.54. The van der Waals surface area contributed by atoms with Crippen molar-refractivity contribution >= 4 is 29.5 Å². The molecule has 0 spiro atoms. The summed E-state index contributed by atoms with van der Waals surface area (Å²) in [5.74, 6) is -1.25. The SMILES string of the molecule is CC(C)=CC1=C(C(=O)O)N2C(=O)C(NC(=O)Cc3ccccc3)[C@H]2SC1. The van der Waals surface area contributed by atoms with Gasteiger partial charge in [0.25, 0.3) is 5.91 Å². The summed E-state index contributed by atoms with van der Waals surface area (Å²) in [4.78, 5) is 37.7. The fourth-order valence-electron chi connectivity index (χ4n) is 3.11. The molecule has 2 N–H and O–H groups in total. The number of hydrogen-bond acceptors (Lipinski definition) is 4. The Morgan fingerprint density at radius 2 is 2.00 bits per heavy atom. The molecule has 1 saturated heterocycles. The van der Waals surface area contributed by atoms with Crippen molar-refractivity contribution in [2.24, 2.45) is 0 Å². The van der Waals surface area contributed by atoms with E-state index in [0.29, 0.717) is 11.3 Å². The van der Waals surface area contributed by atoms with Gasteiger partial charge >= 0.3 is 5.97 Å². The Kier molecular flexibility index (Phi) is 5.18. The van der Waals surface area contributed by atoms with Crippen LogP contribution in [0.4, 0.5) is 0 Å². The molecule has 1 fully saturated rings. The number of thioether (sulfide) groups is 1. The number of carboxylic acids is 1. The molecular formula is C19H20N2O4S. The van der Waals surface area contributed by atoms with Crippen LogP contribution in [-0.4, -0.2) is 45.0 Å². The van der Waals surface area contributed by atoms with E-state index in [1.807, 2.05) is 44.2 Å². The van der Waals surface area contributed by atoms with E-state index in [4.69, 9.17) is 0 Å². The number of carboxylic acid groups (broad SMARTS) is 1. The average molecular weight is 372 g/mol. The number of nitrogens with one attached hydrogen (secondary N) is 1. The molecule has 136 valence electrons. The molecule has 0 bridgehead atoms. The molecular weight excluding hydrogens is 352 g/mol. The van der Waals surface area contributed by atoms with Crippen molar-refractivity contribution < 1.29 is 19.5 Å². The summed E-state index contributed by atoms with van der Waals surface area (Å²) in [6, 6.07) is 8.59. The van der Waals surface area contributed by atoms with E-state index in [9.17, 15) is 19.5 Å². The molecule has 7 heteroatoms. The van der Waals surface area contributed by atoms with Gasteiger partial charge in [0.2, 0.25) is 5.91 Å². The largest absolute Gasteiger partial charge is 0.477 e. The molecule has 1 aromatic carbocycles. The predicted octanol–water partition coefficient (Wildman–Crippen LogP) is 1.93. The molecule has 2 heterocycles. The molecule has 0 radical (unpaired) electrons. The third kappa shape index (κ3) is 3.53. The summed E-state index contributed by atoms with van der Waals surface area (Å²) >= 11 is 1.47. The van der Waals surface area contributed by atoms with E-state index in [1.165, 1.54) is 16.7 Å². The van der Waals surface area contributed by atoms with Crippen molar-refractivity contribution in [3.05, 3.63) is 58.8 Å². The number of hydrogen-bond donors (Lipinski definition) is 2. The Morgan fingerprint density at radius 1 is 1.31 bits per heavy atom. The highest BCUT2D eigenvalue weighted by Crippen LogP contribution is 2.40. The second-order valence-electron chi connectivity index (χ2n) is 6.52. The van der Waals surface area contributed by atoms with Crippen LogP contribution in [0.5, 0.6) is 0 Å². The Morgan fingerprint density at radius 3 is 2.62 bits per heavy atom. The number of rotatable bonds is 5. The van der Waals surface area contributed by atoms with Gasteiger partial charge in [0.05, 0.1) is 6.42 Å². The lowest BCUT2D eigenvalue weighted by Crippen LogP contribution is -2.70. The van der Waals surface area contributed by atoms with Crippen molar-refractivity contribution in [1.29, 1.82) is 0 Å². The summed E-state index contributed by atoms with van der Waals surface area (Å²) in [5, 5.41) is 11.9. The molecule has 3 rings (SSSR count). The van der Waals surface area contributed by atoms with E-state index in [2.05, 4.69) is 5.32 Å². The molecule has 1 unspecified atom stereocenters.